The van der Waals surface area contributed by atoms with Crippen molar-refractivity contribution in [2.24, 2.45) is 5.41 Å². The number of amides is 1. The van der Waals surface area contributed by atoms with Gasteiger partial charge >= 0.3 is 0 Å². The molecule has 1 saturated carbocycles. The van der Waals surface area contributed by atoms with E-state index >= 15 is 0 Å². The molecule has 5 heterocycles. The average molecular weight is 726 g/mol. The maximum Gasteiger partial charge on any atom is 0.262 e. The molecular formula is C39H38Cl2N6O4. The Balaban J connectivity index is 1.02. The van der Waals surface area contributed by atoms with Gasteiger partial charge in [0, 0.05) is 90.8 Å². The number of aromatic nitrogens is 3. The first kappa shape index (κ1) is 33.8. The number of aliphatic hydroxyl groups is 1. The number of methoxy groups -OCH3 is 1. The molecule has 0 bridgehead atoms. The maximum absolute atomic E-state index is 13.4. The number of benzene rings is 2. The minimum absolute atomic E-state index is 0.0850. The molecule has 5 aromatic rings. The second-order valence-corrected chi connectivity index (χ2v) is 14.8. The smallest absolute Gasteiger partial charge is 0.262 e. The van der Waals surface area contributed by atoms with E-state index in [0.717, 1.165) is 65.7 Å². The number of carbonyl (C=O) groups is 1. The Kier molecular flexibility index (Phi) is 9.06. The number of nitrogens with zero attached hydrogens (tertiary/aromatic N) is 4. The number of ether oxygens (including phenoxy) is 1. The molecule has 1 amide bonds. The summed E-state index contributed by atoms with van der Waals surface area (Å²) >= 11 is 14.2. The summed E-state index contributed by atoms with van der Waals surface area (Å²) in [5.74, 6) is 0.593. The third-order valence-electron chi connectivity index (χ3n) is 10.4. The summed E-state index contributed by atoms with van der Waals surface area (Å²) in [4.78, 5) is 36.6. The van der Waals surface area contributed by atoms with Gasteiger partial charge in [-0.1, -0.05) is 65.7 Å². The molecule has 0 unspecified atom stereocenters. The van der Waals surface area contributed by atoms with E-state index < -0.39 is 0 Å². The van der Waals surface area contributed by atoms with Crippen LogP contribution >= 0.6 is 23.2 Å². The van der Waals surface area contributed by atoms with Crippen LogP contribution in [0.15, 0.2) is 77.9 Å². The lowest BCUT2D eigenvalue weighted by Gasteiger charge is -2.57. The first-order valence-electron chi connectivity index (χ1n) is 17.2. The number of nitrogens with one attached hydrogen (secondary N) is 2. The number of hydrogen-bond acceptors (Lipinski definition) is 8. The van der Waals surface area contributed by atoms with Gasteiger partial charge in [-0.25, -0.2) is 9.97 Å². The number of halogens is 2. The Morgan fingerprint density at radius 1 is 0.980 bits per heavy atom. The van der Waals surface area contributed by atoms with Crippen LogP contribution in [-0.2, 0) is 17.9 Å². The molecule has 2 saturated heterocycles. The van der Waals surface area contributed by atoms with Gasteiger partial charge in [-0.15, -0.1) is 0 Å². The lowest BCUT2D eigenvalue weighted by molar-refractivity contribution is -0.131. The lowest BCUT2D eigenvalue weighted by atomic mass is 9.62. The zero-order chi connectivity index (χ0) is 35.3. The van der Waals surface area contributed by atoms with E-state index in [-0.39, 0.29) is 29.0 Å². The molecule has 262 valence electrons. The van der Waals surface area contributed by atoms with Crippen LogP contribution in [0.4, 0.5) is 0 Å². The molecule has 0 radical (unpaired) electrons. The number of fused-ring (bicyclic) bond motifs is 1. The zero-order valence-electron chi connectivity index (χ0n) is 28.2. The molecule has 51 heavy (non-hydrogen) atoms. The van der Waals surface area contributed by atoms with Gasteiger partial charge in [0.05, 0.1) is 34.5 Å². The maximum atomic E-state index is 13.4. The van der Waals surface area contributed by atoms with Gasteiger partial charge in [0.2, 0.25) is 11.8 Å². The molecule has 2 aromatic carbocycles. The highest BCUT2D eigenvalue weighted by Crippen LogP contribution is 2.48. The number of pyridine rings is 2. The van der Waals surface area contributed by atoms with E-state index in [4.69, 9.17) is 32.9 Å². The first-order valence-corrected chi connectivity index (χ1v) is 18.0. The summed E-state index contributed by atoms with van der Waals surface area (Å²) in [5, 5.41) is 17.1. The summed E-state index contributed by atoms with van der Waals surface area (Å²) in [6, 6.07) is 19.4. The molecule has 3 fully saturated rings. The van der Waals surface area contributed by atoms with Crippen LogP contribution in [0.3, 0.4) is 0 Å². The molecule has 3 N–H and O–H groups in total. The van der Waals surface area contributed by atoms with Crippen molar-refractivity contribution >= 4 is 34.8 Å². The monoisotopic (exact) mass is 724 g/mol. The predicted molar refractivity (Wildman–Crippen MR) is 198 cm³/mol. The molecule has 12 heteroatoms. The van der Waals surface area contributed by atoms with E-state index in [1.165, 1.54) is 0 Å². The van der Waals surface area contributed by atoms with Crippen molar-refractivity contribution in [1.82, 2.24) is 29.9 Å². The highest BCUT2D eigenvalue weighted by Gasteiger charge is 2.51. The van der Waals surface area contributed by atoms with Crippen LogP contribution < -0.4 is 20.9 Å². The fraction of sp³-hybridized carbons (Fsp3) is 0.333. The van der Waals surface area contributed by atoms with Crippen LogP contribution in [-0.4, -0.2) is 69.2 Å². The Bertz CT molecular complexity index is 2210. The molecular weight excluding hydrogens is 687 g/mol. The summed E-state index contributed by atoms with van der Waals surface area (Å²) in [6.07, 6.45) is 6.36. The van der Waals surface area contributed by atoms with Crippen molar-refractivity contribution in [2.75, 3.05) is 26.7 Å². The van der Waals surface area contributed by atoms with E-state index in [1.54, 1.807) is 23.9 Å². The molecule has 1 atom stereocenters. The Morgan fingerprint density at radius 2 is 1.71 bits per heavy atom. The van der Waals surface area contributed by atoms with Gasteiger partial charge < -0.3 is 20.5 Å². The normalized spacial score (nSPS) is 18.5. The quantitative estimate of drug-likeness (QED) is 0.167. The molecule has 1 spiro atoms. The number of rotatable bonds is 10. The van der Waals surface area contributed by atoms with Crippen molar-refractivity contribution in [2.45, 2.75) is 50.9 Å². The van der Waals surface area contributed by atoms with Gasteiger partial charge in [0.25, 0.3) is 5.56 Å². The highest BCUT2D eigenvalue weighted by atomic mass is 35.5. The molecule has 1 aliphatic carbocycles. The van der Waals surface area contributed by atoms with Crippen molar-refractivity contribution in [1.29, 1.82) is 0 Å². The zero-order valence-corrected chi connectivity index (χ0v) is 29.7. The number of likely N-dealkylation sites (tertiary alicyclic amines) is 1. The van der Waals surface area contributed by atoms with Gasteiger partial charge in [0.1, 0.15) is 5.65 Å². The number of carbonyl (C=O) groups excluding carboxylic acids is 1. The molecule has 3 aromatic heterocycles. The first-order chi connectivity index (χ1) is 24.7. The number of hydrogen-bond donors (Lipinski definition) is 3. The van der Waals surface area contributed by atoms with E-state index in [0.29, 0.717) is 58.9 Å². The largest absolute Gasteiger partial charge is 0.481 e. The Hall–Kier alpha value is -4.32. The molecule has 8 rings (SSSR count). The SMILES string of the molecule is COc1nc(-c2cccc(-c3cccc(-c4ccn5c(=O)c(CN6CC7(CC(O)C7)C6)cnc5c4)c3Cl)c2Cl)ccc1CNC[C@@H]1CCC(=O)N1. The van der Waals surface area contributed by atoms with Crippen LogP contribution in [0.5, 0.6) is 5.88 Å². The van der Waals surface area contributed by atoms with Crippen LogP contribution in [0.25, 0.3) is 39.2 Å². The molecule has 2 aliphatic heterocycles. The minimum Gasteiger partial charge on any atom is -0.481 e. The topological polar surface area (TPSA) is 121 Å². The fourth-order valence-corrected chi connectivity index (χ4v) is 8.55. The van der Waals surface area contributed by atoms with Gasteiger partial charge in [-0.3, -0.25) is 18.9 Å². The molecule has 3 aliphatic rings. The Labute approximate surface area is 305 Å². The minimum atomic E-state index is -0.176. The third kappa shape index (κ3) is 6.51. The van der Waals surface area contributed by atoms with Crippen molar-refractivity contribution in [3.8, 4) is 39.4 Å². The summed E-state index contributed by atoms with van der Waals surface area (Å²) in [6.45, 7) is 3.59. The summed E-state index contributed by atoms with van der Waals surface area (Å²) in [5.41, 5.74) is 6.79. The highest BCUT2D eigenvalue weighted by molar-refractivity contribution is 6.39. The lowest BCUT2D eigenvalue weighted by Crippen LogP contribution is -2.63. The summed E-state index contributed by atoms with van der Waals surface area (Å²) in [7, 11) is 1.60. The Morgan fingerprint density at radius 3 is 2.41 bits per heavy atom. The van der Waals surface area contributed by atoms with Gasteiger partial charge in [0.15, 0.2) is 0 Å². The number of aliphatic hydroxyl groups excluding tert-OH is 1. The van der Waals surface area contributed by atoms with Crippen LogP contribution in [0.1, 0.15) is 36.8 Å². The van der Waals surface area contributed by atoms with E-state index in [9.17, 15) is 14.7 Å². The van der Waals surface area contributed by atoms with Gasteiger partial charge in [-0.05, 0) is 43.0 Å². The average Bonchev–Trinajstić information content (AvgIpc) is 3.52. The van der Waals surface area contributed by atoms with Crippen molar-refractivity contribution in [3.05, 3.63) is 105 Å². The van der Waals surface area contributed by atoms with Crippen molar-refractivity contribution < 1.29 is 14.6 Å². The fourth-order valence-electron chi connectivity index (χ4n) is 7.89. The second kappa shape index (κ2) is 13.7. The summed E-state index contributed by atoms with van der Waals surface area (Å²) < 4.78 is 7.23. The second-order valence-electron chi connectivity index (χ2n) is 14.1. The third-order valence-corrected chi connectivity index (χ3v) is 11.2. The van der Waals surface area contributed by atoms with E-state index in [1.807, 2.05) is 60.7 Å². The van der Waals surface area contributed by atoms with Crippen LogP contribution in [0.2, 0.25) is 10.0 Å². The standard InChI is InChI=1S/C39H38Cl2N6O4/c1-51-37-24(17-42-19-26-9-11-34(49)44-26)8-10-32(45-37)31-7-3-6-30(36(31)41)29-5-2-4-28(35(29)40)23-12-13-47-33(14-23)43-18-25(38(47)50)20-46-21-39(22-46)15-27(48)16-39/h2-8,10,12-14,18,26-27,42,48H,9,11,15-17,19-22H2,1H3,(H,44,49)/t26-/m0/s1. The van der Waals surface area contributed by atoms with E-state index in [2.05, 4.69) is 20.5 Å². The van der Waals surface area contributed by atoms with Crippen molar-refractivity contribution in [3.63, 3.8) is 0 Å². The predicted octanol–water partition coefficient (Wildman–Crippen LogP) is 5.73. The van der Waals surface area contributed by atoms with Crippen LogP contribution in [0, 0.1) is 5.41 Å². The molecule has 10 nitrogen and oxygen atoms in total. The van der Waals surface area contributed by atoms with Gasteiger partial charge in [-0.2, -0.15) is 0 Å².